The number of nitrogens with two attached hydrogens (primary N) is 1. The molecular formula is C15H22N2O2. The molecule has 104 valence electrons. The maximum Gasteiger partial charge on any atom is 0.227 e. The molecule has 19 heavy (non-hydrogen) atoms. The molecule has 4 nitrogen and oxygen atoms in total. The Morgan fingerprint density at radius 1 is 1.42 bits per heavy atom. The van der Waals surface area contributed by atoms with Crippen molar-refractivity contribution in [2.24, 2.45) is 11.7 Å². The van der Waals surface area contributed by atoms with Crippen LogP contribution in [0.4, 0.5) is 0 Å². The minimum absolute atomic E-state index is 0.0758. The van der Waals surface area contributed by atoms with Crippen molar-refractivity contribution in [2.75, 3.05) is 13.1 Å². The molecule has 1 aromatic carbocycles. The zero-order chi connectivity index (χ0) is 13.8. The molecule has 1 amide bonds. The molecule has 0 spiro atoms. The van der Waals surface area contributed by atoms with Gasteiger partial charge in [0.25, 0.3) is 0 Å². The number of β-amino-alcohol motifs (C(OH)–C–C–N with tert-alkyl or cyclic N) is 1. The van der Waals surface area contributed by atoms with Gasteiger partial charge in [0.15, 0.2) is 0 Å². The van der Waals surface area contributed by atoms with Crippen molar-refractivity contribution in [2.45, 2.75) is 32.4 Å². The molecule has 1 saturated heterocycles. The number of carbonyl (C=O) groups is 1. The molecule has 1 fully saturated rings. The zero-order valence-electron chi connectivity index (χ0n) is 11.4. The molecule has 0 bridgehead atoms. The minimum atomic E-state index is -0.401. The van der Waals surface area contributed by atoms with E-state index in [0.29, 0.717) is 19.5 Å². The number of hydrogen-bond acceptors (Lipinski definition) is 3. The summed E-state index contributed by atoms with van der Waals surface area (Å²) in [4.78, 5) is 14.0. The van der Waals surface area contributed by atoms with Crippen molar-refractivity contribution in [3.63, 3.8) is 0 Å². The summed E-state index contributed by atoms with van der Waals surface area (Å²) in [7, 11) is 0. The van der Waals surface area contributed by atoms with Gasteiger partial charge in [-0.1, -0.05) is 31.2 Å². The van der Waals surface area contributed by atoms with E-state index in [-0.39, 0.29) is 11.8 Å². The van der Waals surface area contributed by atoms with Crippen molar-refractivity contribution in [3.8, 4) is 0 Å². The monoisotopic (exact) mass is 262 g/mol. The first-order chi connectivity index (χ1) is 9.11. The van der Waals surface area contributed by atoms with Gasteiger partial charge in [-0.2, -0.15) is 0 Å². The van der Waals surface area contributed by atoms with Crippen molar-refractivity contribution in [1.82, 2.24) is 4.90 Å². The number of piperidine rings is 1. The minimum Gasteiger partial charge on any atom is -0.391 e. The van der Waals surface area contributed by atoms with Gasteiger partial charge < -0.3 is 15.7 Å². The van der Waals surface area contributed by atoms with Crippen molar-refractivity contribution in [3.05, 3.63) is 35.4 Å². The lowest BCUT2D eigenvalue weighted by molar-refractivity contribution is -0.134. The quantitative estimate of drug-likeness (QED) is 0.851. The van der Waals surface area contributed by atoms with Crippen LogP contribution in [0.1, 0.15) is 24.5 Å². The third-order valence-electron chi connectivity index (χ3n) is 3.95. The third-order valence-corrected chi connectivity index (χ3v) is 3.95. The lowest BCUT2D eigenvalue weighted by Gasteiger charge is -2.34. The number of aliphatic hydroxyl groups excluding tert-OH is 1. The highest BCUT2D eigenvalue weighted by atomic mass is 16.3. The fourth-order valence-electron chi connectivity index (χ4n) is 2.48. The Labute approximate surface area is 114 Å². The average Bonchev–Trinajstić information content (AvgIpc) is 2.42. The largest absolute Gasteiger partial charge is 0.391 e. The maximum atomic E-state index is 12.3. The van der Waals surface area contributed by atoms with E-state index >= 15 is 0 Å². The van der Waals surface area contributed by atoms with Gasteiger partial charge in [-0.3, -0.25) is 4.79 Å². The van der Waals surface area contributed by atoms with Crippen molar-refractivity contribution < 1.29 is 9.90 Å². The highest BCUT2D eigenvalue weighted by Crippen LogP contribution is 2.18. The Bertz CT molecular complexity index is 448. The number of aliphatic hydroxyl groups is 1. The first kappa shape index (κ1) is 14.0. The van der Waals surface area contributed by atoms with Gasteiger partial charge in [-0.25, -0.2) is 0 Å². The number of benzene rings is 1. The number of carbonyl (C=O) groups excluding carboxylic acids is 1. The maximum absolute atomic E-state index is 12.3. The Hall–Kier alpha value is -1.39. The summed E-state index contributed by atoms with van der Waals surface area (Å²) in [5.74, 6) is 0.354. The Balaban J connectivity index is 2.01. The predicted octanol–water partition coefficient (Wildman–Crippen LogP) is 0.917. The van der Waals surface area contributed by atoms with Crippen LogP contribution in [0, 0.1) is 5.92 Å². The zero-order valence-corrected chi connectivity index (χ0v) is 11.4. The number of rotatable bonds is 3. The number of nitrogens with zero attached hydrogens (tertiary/aromatic N) is 1. The van der Waals surface area contributed by atoms with E-state index in [1.54, 1.807) is 4.90 Å². The summed E-state index contributed by atoms with van der Waals surface area (Å²) in [6.45, 7) is 3.66. The molecule has 3 N–H and O–H groups in total. The first-order valence-electron chi connectivity index (χ1n) is 6.84. The fraction of sp³-hybridized carbons (Fsp3) is 0.533. The molecule has 0 radical (unpaired) electrons. The summed E-state index contributed by atoms with van der Waals surface area (Å²) < 4.78 is 0. The molecule has 4 heteroatoms. The van der Waals surface area contributed by atoms with E-state index in [0.717, 1.165) is 24.1 Å². The van der Waals surface area contributed by atoms with E-state index in [2.05, 4.69) is 0 Å². The number of likely N-dealkylation sites (tertiary alicyclic amines) is 1. The summed E-state index contributed by atoms with van der Waals surface area (Å²) >= 11 is 0. The van der Waals surface area contributed by atoms with E-state index < -0.39 is 6.10 Å². The fourth-order valence-corrected chi connectivity index (χ4v) is 2.48. The molecule has 2 atom stereocenters. The molecule has 1 aliphatic heterocycles. The molecule has 2 unspecified atom stereocenters. The van der Waals surface area contributed by atoms with Crippen LogP contribution in [0.2, 0.25) is 0 Å². The second-order valence-corrected chi connectivity index (χ2v) is 5.32. The summed E-state index contributed by atoms with van der Waals surface area (Å²) in [5, 5.41) is 9.85. The van der Waals surface area contributed by atoms with Gasteiger partial charge in [0.05, 0.1) is 12.5 Å². The second-order valence-electron chi connectivity index (χ2n) is 5.32. The van der Waals surface area contributed by atoms with Crippen LogP contribution in [0.3, 0.4) is 0 Å². The van der Waals surface area contributed by atoms with Gasteiger partial charge in [0, 0.05) is 19.6 Å². The van der Waals surface area contributed by atoms with Crippen LogP contribution in [0.5, 0.6) is 0 Å². The molecule has 1 aromatic rings. The number of hydrogen-bond donors (Lipinski definition) is 2. The topological polar surface area (TPSA) is 66.6 Å². The van der Waals surface area contributed by atoms with E-state index in [4.69, 9.17) is 5.73 Å². The highest BCUT2D eigenvalue weighted by Gasteiger charge is 2.27. The molecule has 0 saturated carbocycles. The van der Waals surface area contributed by atoms with Crippen LogP contribution in [-0.2, 0) is 17.8 Å². The van der Waals surface area contributed by atoms with E-state index in [1.165, 1.54) is 0 Å². The van der Waals surface area contributed by atoms with Crippen LogP contribution in [-0.4, -0.2) is 35.1 Å². The first-order valence-corrected chi connectivity index (χ1v) is 6.84. The Morgan fingerprint density at radius 3 is 2.74 bits per heavy atom. The average molecular weight is 262 g/mol. The Morgan fingerprint density at radius 2 is 2.11 bits per heavy atom. The predicted molar refractivity (Wildman–Crippen MR) is 74.4 cm³/mol. The molecular weight excluding hydrogens is 240 g/mol. The SMILES string of the molecule is CC1CCN(C(=O)Cc2ccccc2CN)CC1O. The van der Waals surface area contributed by atoms with Crippen molar-refractivity contribution in [1.29, 1.82) is 0 Å². The van der Waals surface area contributed by atoms with Gasteiger partial charge >= 0.3 is 0 Å². The van der Waals surface area contributed by atoms with Crippen molar-refractivity contribution >= 4 is 5.91 Å². The molecule has 0 aliphatic carbocycles. The summed E-state index contributed by atoms with van der Waals surface area (Å²) in [6, 6.07) is 7.76. The Kier molecular flexibility index (Phi) is 4.56. The lowest BCUT2D eigenvalue weighted by Crippen LogP contribution is -2.46. The molecule has 0 aromatic heterocycles. The van der Waals surface area contributed by atoms with Crippen LogP contribution >= 0.6 is 0 Å². The van der Waals surface area contributed by atoms with E-state index in [1.807, 2.05) is 31.2 Å². The van der Waals surface area contributed by atoms with Gasteiger partial charge in [-0.15, -0.1) is 0 Å². The number of amides is 1. The van der Waals surface area contributed by atoms with Crippen LogP contribution in [0.25, 0.3) is 0 Å². The lowest BCUT2D eigenvalue weighted by atomic mass is 9.95. The summed E-state index contributed by atoms with van der Waals surface area (Å²) in [6.07, 6.45) is 0.836. The second kappa shape index (κ2) is 6.17. The molecule has 1 aliphatic rings. The standard InChI is InChI=1S/C15H22N2O2/c1-11-6-7-17(10-14(11)18)15(19)8-12-4-2-3-5-13(12)9-16/h2-5,11,14,18H,6-10,16H2,1H3. The smallest absolute Gasteiger partial charge is 0.227 e. The molecule has 2 rings (SSSR count). The summed E-state index contributed by atoms with van der Waals surface area (Å²) in [5.41, 5.74) is 7.68. The van der Waals surface area contributed by atoms with E-state index in [9.17, 15) is 9.90 Å². The van der Waals surface area contributed by atoms with Gasteiger partial charge in [-0.05, 0) is 23.5 Å². The van der Waals surface area contributed by atoms with Gasteiger partial charge in [0.2, 0.25) is 5.91 Å². The van der Waals surface area contributed by atoms with Crippen LogP contribution in [0.15, 0.2) is 24.3 Å². The highest BCUT2D eigenvalue weighted by molar-refractivity contribution is 5.79. The normalized spacial score (nSPS) is 23.4. The van der Waals surface area contributed by atoms with Crippen LogP contribution < -0.4 is 5.73 Å². The molecule has 1 heterocycles. The van der Waals surface area contributed by atoms with Gasteiger partial charge in [0.1, 0.15) is 0 Å². The third kappa shape index (κ3) is 3.33.